The summed E-state index contributed by atoms with van der Waals surface area (Å²) >= 11 is 0. The first-order valence-corrected chi connectivity index (χ1v) is 6.11. The minimum atomic E-state index is -0.0909. The van der Waals surface area contributed by atoms with Gasteiger partial charge in [-0.1, -0.05) is 6.42 Å². The van der Waals surface area contributed by atoms with Crippen LogP contribution in [-0.4, -0.2) is 49.8 Å². The highest BCUT2D eigenvalue weighted by Crippen LogP contribution is 2.11. The molecule has 2 aliphatic heterocycles. The normalized spacial score (nSPS) is 31.6. The lowest BCUT2D eigenvalue weighted by atomic mass is 10.1. The Morgan fingerprint density at radius 3 is 2.75 bits per heavy atom. The van der Waals surface area contributed by atoms with Crippen molar-refractivity contribution in [3.63, 3.8) is 0 Å². The molecule has 16 heavy (non-hydrogen) atoms. The molecule has 0 saturated carbocycles. The number of piperidine rings is 1. The second-order valence-electron chi connectivity index (χ2n) is 4.58. The topological polar surface area (TPSA) is 53.6 Å². The number of nitrogens with zero attached hydrogens (tertiary/aromatic N) is 1. The molecule has 2 saturated heterocycles. The Morgan fingerprint density at radius 1 is 1.38 bits per heavy atom. The molecule has 2 rings (SSSR count). The van der Waals surface area contributed by atoms with Crippen LogP contribution in [0, 0.1) is 0 Å². The number of rotatable bonds is 3. The summed E-state index contributed by atoms with van der Waals surface area (Å²) in [6.45, 7) is 2.73. The fraction of sp³-hybridized carbons (Fsp3) is 0.909. The summed E-state index contributed by atoms with van der Waals surface area (Å²) in [6, 6.07) is -0.0909. The largest absolute Gasteiger partial charge is 0.380 e. The van der Waals surface area contributed by atoms with E-state index in [1.165, 1.54) is 19.3 Å². The predicted octanol–water partition coefficient (Wildman–Crippen LogP) is -0.120. The Kier molecular flexibility index (Phi) is 4.15. The van der Waals surface area contributed by atoms with E-state index in [1.807, 2.05) is 5.01 Å². The van der Waals surface area contributed by atoms with Crippen LogP contribution in [0.5, 0.6) is 0 Å². The zero-order valence-electron chi connectivity index (χ0n) is 9.87. The number of methoxy groups -OCH3 is 1. The van der Waals surface area contributed by atoms with Gasteiger partial charge in [-0.25, -0.2) is 5.01 Å². The van der Waals surface area contributed by atoms with Gasteiger partial charge < -0.3 is 10.1 Å². The Labute approximate surface area is 96.5 Å². The number of carbonyl (C=O) groups is 1. The number of amides is 1. The third kappa shape index (κ3) is 2.93. The summed E-state index contributed by atoms with van der Waals surface area (Å²) in [4.78, 5) is 11.9. The van der Waals surface area contributed by atoms with Crippen molar-refractivity contribution in [2.45, 2.75) is 37.8 Å². The monoisotopic (exact) mass is 227 g/mol. The summed E-state index contributed by atoms with van der Waals surface area (Å²) in [5.74, 6) is 0.0847. The molecule has 2 aliphatic rings. The Balaban J connectivity index is 1.75. The Hall–Kier alpha value is -0.650. The first kappa shape index (κ1) is 11.8. The third-order valence-corrected chi connectivity index (χ3v) is 3.36. The number of hydrogen-bond acceptors (Lipinski definition) is 4. The van der Waals surface area contributed by atoms with Crippen molar-refractivity contribution in [3.05, 3.63) is 0 Å². The molecule has 0 aromatic heterocycles. The fourth-order valence-corrected chi connectivity index (χ4v) is 2.32. The third-order valence-electron chi connectivity index (χ3n) is 3.36. The second-order valence-corrected chi connectivity index (χ2v) is 4.58. The van der Waals surface area contributed by atoms with Gasteiger partial charge in [-0.2, -0.15) is 0 Å². The molecule has 2 heterocycles. The maximum absolute atomic E-state index is 11.9. The summed E-state index contributed by atoms with van der Waals surface area (Å²) in [5.41, 5.74) is 2.98. The summed E-state index contributed by atoms with van der Waals surface area (Å²) in [7, 11) is 1.69. The minimum absolute atomic E-state index is 0.0847. The van der Waals surface area contributed by atoms with E-state index < -0.39 is 0 Å². The van der Waals surface area contributed by atoms with E-state index in [2.05, 4.69) is 10.7 Å². The molecule has 0 spiro atoms. The van der Waals surface area contributed by atoms with Crippen LogP contribution in [0.1, 0.15) is 25.7 Å². The molecule has 2 N–H and O–H groups in total. The van der Waals surface area contributed by atoms with Crippen LogP contribution in [0.2, 0.25) is 0 Å². The molecule has 5 heteroatoms. The van der Waals surface area contributed by atoms with Gasteiger partial charge in [0, 0.05) is 26.7 Å². The van der Waals surface area contributed by atoms with Gasteiger partial charge in [-0.05, 0) is 19.3 Å². The molecular formula is C11H21N3O2. The first-order chi connectivity index (χ1) is 7.79. The van der Waals surface area contributed by atoms with Gasteiger partial charge in [0.05, 0.1) is 12.1 Å². The highest BCUT2D eigenvalue weighted by atomic mass is 16.5. The van der Waals surface area contributed by atoms with E-state index in [9.17, 15) is 4.79 Å². The van der Waals surface area contributed by atoms with E-state index >= 15 is 0 Å². The molecular weight excluding hydrogens is 206 g/mol. The van der Waals surface area contributed by atoms with Gasteiger partial charge in [0.15, 0.2) is 0 Å². The van der Waals surface area contributed by atoms with Crippen LogP contribution in [0.4, 0.5) is 0 Å². The number of hydrazine groups is 1. The molecule has 5 nitrogen and oxygen atoms in total. The molecule has 92 valence electrons. The van der Waals surface area contributed by atoms with Crippen molar-refractivity contribution in [2.24, 2.45) is 0 Å². The Morgan fingerprint density at radius 2 is 2.12 bits per heavy atom. The molecule has 0 aromatic carbocycles. The van der Waals surface area contributed by atoms with Crippen LogP contribution in [0.25, 0.3) is 0 Å². The Bertz CT molecular complexity index is 241. The second kappa shape index (κ2) is 5.61. The highest BCUT2D eigenvalue weighted by Gasteiger charge is 2.30. The molecule has 0 radical (unpaired) electrons. The number of carbonyl (C=O) groups excluding carboxylic acids is 1. The molecule has 1 amide bonds. The molecule has 2 unspecified atom stereocenters. The van der Waals surface area contributed by atoms with Crippen LogP contribution in [-0.2, 0) is 9.53 Å². The molecule has 0 aromatic rings. The van der Waals surface area contributed by atoms with Crippen molar-refractivity contribution in [2.75, 3.05) is 26.7 Å². The van der Waals surface area contributed by atoms with Gasteiger partial charge in [0.25, 0.3) is 5.91 Å². The average Bonchev–Trinajstić information content (AvgIpc) is 2.79. The van der Waals surface area contributed by atoms with Gasteiger partial charge in [-0.3, -0.25) is 10.2 Å². The zero-order chi connectivity index (χ0) is 11.4. The lowest BCUT2D eigenvalue weighted by Gasteiger charge is -2.28. The van der Waals surface area contributed by atoms with E-state index in [0.717, 1.165) is 26.1 Å². The van der Waals surface area contributed by atoms with E-state index in [0.29, 0.717) is 0 Å². The molecule has 2 atom stereocenters. The smallest absolute Gasteiger partial charge is 0.251 e. The summed E-state index contributed by atoms with van der Waals surface area (Å²) in [6.07, 6.45) is 4.59. The standard InChI is InChI=1S/C11H21N3O2/c1-16-9-7-10(12-8-9)11(15)13-14-5-3-2-4-6-14/h9-10,12H,2-8H2,1H3,(H,13,15). The van der Waals surface area contributed by atoms with Crippen LogP contribution in [0.15, 0.2) is 0 Å². The van der Waals surface area contributed by atoms with Gasteiger partial charge >= 0.3 is 0 Å². The van der Waals surface area contributed by atoms with E-state index in [4.69, 9.17) is 4.74 Å². The molecule has 0 bridgehead atoms. The van der Waals surface area contributed by atoms with Crippen LogP contribution >= 0.6 is 0 Å². The van der Waals surface area contributed by atoms with Crippen molar-refractivity contribution in [1.82, 2.24) is 15.8 Å². The molecule has 2 fully saturated rings. The fourth-order valence-electron chi connectivity index (χ4n) is 2.32. The van der Waals surface area contributed by atoms with Gasteiger partial charge in [0.1, 0.15) is 0 Å². The summed E-state index contributed by atoms with van der Waals surface area (Å²) in [5, 5.41) is 5.22. The quantitative estimate of drug-likeness (QED) is 0.706. The summed E-state index contributed by atoms with van der Waals surface area (Å²) < 4.78 is 5.23. The number of hydrogen-bond donors (Lipinski definition) is 2. The van der Waals surface area contributed by atoms with E-state index in [1.54, 1.807) is 7.11 Å². The molecule has 0 aliphatic carbocycles. The van der Waals surface area contributed by atoms with Crippen LogP contribution in [0.3, 0.4) is 0 Å². The van der Waals surface area contributed by atoms with Crippen molar-refractivity contribution in [1.29, 1.82) is 0 Å². The van der Waals surface area contributed by atoms with Gasteiger partial charge in [0.2, 0.25) is 0 Å². The average molecular weight is 227 g/mol. The number of nitrogens with one attached hydrogen (secondary N) is 2. The van der Waals surface area contributed by atoms with Crippen molar-refractivity contribution >= 4 is 5.91 Å². The first-order valence-electron chi connectivity index (χ1n) is 6.11. The van der Waals surface area contributed by atoms with Crippen LogP contribution < -0.4 is 10.7 Å². The SMILES string of the molecule is COC1CNC(C(=O)NN2CCCCC2)C1. The lowest BCUT2D eigenvalue weighted by Crippen LogP contribution is -2.50. The number of ether oxygens (including phenoxy) is 1. The maximum Gasteiger partial charge on any atom is 0.251 e. The van der Waals surface area contributed by atoms with Crippen molar-refractivity contribution < 1.29 is 9.53 Å². The predicted molar refractivity (Wildman–Crippen MR) is 60.8 cm³/mol. The lowest BCUT2D eigenvalue weighted by molar-refractivity contribution is -0.128. The minimum Gasteiger partial charge on any atom is -0.380 e. The van der Waals surface area contributed by atoms with Crippen molar-refractivity contribution in [3.8, 4) is 0 Å². The van der Waals surface area contributed by atoms with E-state index in [-0.39, 0.29) is 18.1 Å². The van der Waals surface area contributed by atoms with Gasteiger partial charge in [-0.15, -0.1) is 0 Å². The highest BCUT2D eigenvalue weighted by molar-refractivity contribution is 5.81. The zero-order valence-corrected chi connectivity index (χ0v) is 9.87. The maximum atomic E-state index is 11.9.